The first kappa shape index (κ1) is 18.1. The highest BCUT2D eigenvalue weighted by molar-refractivity contribution is 6.03. The Kier molecular flexibility index (Phi) is 5.47. The lowest BCUT2D eigenvalue weighted by Crippen LogP contribution is -2.26. The number of phenolic OH excluding ortho intramolecular Hbond substituents is 1. The van der Waals surface area contributed by atoms with E-state index in [1.165, 1.54) is 0 Å². The Balaban J connectivity index is 1.63. The second kappa shape index (κ2) is 8.14. The van der Waals surface area contributed by atoms with Crippen LogP contribution in [-0.4, -0.2) is 33.9 Å². The van der Waals surface area contributed by atoms with Gasteiger partial charge in [0.2, 0.25) is 0 Å². The van der Waals surface area contributed by atoms with Crippen molar-refractivity contribution >= 4 is 17.5 Å². The standard InChI is InChI=1S/C21H19N3O3/c1-24(14-15-5-11-18(25)12-6-15)21(27)16-7-9-17(10-8-16)23-20(26)19-4-2-3-13-22-19/h2-13,25H,14H2,1H3,(H,23,26). The normalized spacial score (nSPS) is 10.3. The van der Waals surface area contributed by atoms with Gasteiger partial charge in [0.15, 0.2) is 0 Å². The molecule has 0 aliphatic heterocycles. The molecule has 3 rings (SSSR count). The van der Waals surface area contributed by atoms with Crippen LogP contribution in [0.15, 0.2) is 72.9 Å². The first-order valence-corrected chi connectivity index (χ1v) is 8.39. The van der Waals surface area contributed by atoms with Gasteiger partial charge in [-0.1, -0.05) is 18.2 Å². The second-order valence-electron chi connectivity index (χ2n) is 6.07. The summed E-state index contributed by atoms with van der Waals surface area (Å²) < 4.78 is 0. The van der Waals surface area contributed by atoms with Gasteiger partial charge in [-0.2, -0.15) is 0 Å². The average Bonchev–Trinajstić information content (AvgIpc) is 2.70. The number of anilines is 1. The number of benzene rings is 2. The summed E-state index contributed by atoms with van der Waals surface area (Å²) in [6.45, 7) is 0.428. The molecule has 2 N–H and O–H groups in total. The fraction of sp³-hybridized carbons (Fsp3) is 0.0952. The molecule has 6 heteroatoms. The van der Waals surface area contributed by atoms with Gasteiger partial charge < -0.3 is 15.3 Å². The number of pyridine rings is 1. The summed E-state index contributed by atoms with van der Waals surface area (Å²) in [5.74, 6) is -0.249. The Morgan fingerprint density at radius 2 is 1.70 bits per heavy atom. The molecule has 1 aromatic heterocycles. The van der Waals surface area contributed by atoms with Crippen LogP contribution in [0.25, 0.3) is 0 Å². The number of carbonyl (C=O) groups is 2. The van der Waals surface area contributed by atoms with Crippen LogP contribution in [0.5, 0.6) is 5.75 Å². The van der Waals surface area contributed by atoms with Gasteiger partial charge in [-0.15, -0.1) is 0 Å². The predicted molar refractivity (Wildman–Crippen MR) is 103 cm³/mol. The molecular weight excluding hydrogens is 342 g/mol. The zero-order chi connectivity index (χ0) is 19.2. The van der Waals surface area contributed by atoms with Crippen molar-refractivity contribution in [3.05, 3.63) is 89.7 Å². The molecule has 0 aliphatic rings. The summed E-state index contributed by atoms with van der Waals surface area (Å²) in [5, 5.41) is 12.1. The highest BCUT2D eigenvalue weighted by Crippen LogP contribution is 2.15. The summed E-state index contributed by atoms with van der Waals surface area (Å²) >= 11 is 0. The molecule has 0 bridgehead atoms. The molecule has 0 saturated carbocycles. The Hall–Kier alpha value is -3.67. The van der Waals surface area contributed by atoms with Crippen molar-refractivity contribution in [2.24, 2.45) is 0 Å². The zero-order valence-electron chi connectivity index (χ0n) is 14.8. The SMILES string of the molecule is CN(Cc1ccc(O)cc1)C(=O)c1ccc(NC(=O)c2ccccn2)cc1. The molecule has 0 fully saturated rings. The van der Waals surface area contributed by atoms with E-state index in [1.54, 1.807) is 84.9 Å². The van der Waals surface area contributed by atoms with Crippen molar-refractivity contribution < 1.29 is 14.7 Å². The third kappa shape index (κ3) is 4.70. The maximum Gasteiger partial charge on any atom is 0.274 e. The highest BCUT2D eigenvalue weighted by Gasteiger charge is 2.13. The maximum absolute atomic E-state index is 12.6. The van der Waals surface area contributed by atoms with Crippen LogP contribution in [0.2, 0.25) is 0 Å². The van der Waals surface area contributed by atoms with Crippen LogP contribution in [0, 0.1) is 0 Å². The van der Waals surface area contributed by atoms with Gasteiger partial charge in [-0.05, 0) is 54.1 Å². The molecular formula is C21H19N3O3. The van der Waals surface area contributed by atoms with Crippen molar-refractivity contribution in [2.45, 2.75) is 6.54 Å². The van der Waals surface area contributed by atoms with Crippen LogP contribution >= 0.6 is 0 Å². The number of rotatable bonds is 5. The lowest BCUT2D eigenvalue weighted by atomic mass is 10.1. The minimum atomic E-state index is -0.306. The van der Waals surface area contributed by atoms with Gasteiger partial charge in [0, 0.05) is 31.0 Å². The second-order valence-corrected chi connectivity index (χ2v) is 6.07. The van der Waals surface area contributed by atoms with Gasteiger partial charge in [0.05, 0.1) is 0 Å². The monoisotopic (exact) mass is 361 g/mol. The summed E-state index contributed by atoms with van der Waals surface area (Å²) in [5.41, 5.74) is 2.35. The smallest absolute Gasteiger partial charge is 0.274 e. The van der Waals surface area contributed by atoms with Crippen molar-refractivity contribution in [3.8, 4) is 5.75 Å². The van der Waals surface area contributed by atoms with Crippen LogP contribution in [0.3, 0.4) is 0 Å². The number of aromatic hydroxyl groups is 1. The first-order chi connectivity index (χ1) is 13.0. The average molecular weight is 361 g/mol. The number of nitrogens with zero attached hydrogens (tertiary/aromatic N) is 2. The van der Waals surface area contributed by atoms with E-state index >= 15 is 0 Å². The molecule has 3 aromatic rings. The van der Waals surface area contributed by atoms with Crippen LogP contribution in [0.1, 0.15) is 26.4 Å². The number of hydrogen-bond donors (Lipinski definition) is 2. The summed E-state index contributed by atoms with van der Waals surface area (Å²) in [4.78, 5) is 30.2. The van der Waals surface area contributed by atoms with E-state index in [1.807, 2.05) is 0 Å². The summed E-state index contributed by atoms with van der Waals surface area (Å²) in [7, 11) is 1.71. The van der Waals surface area contributed by atoms with Crippen molar-refractivity contribution in [3.63, 3.8) is 0 Å². The number of aromatic nitrogens is 1. The number of nitrogens with one attached hydrogen (secondary N) is 1. The third-order valence-corrected chi connectivity index (χ3v) is 3.99. The number of phenols is 1. The molecule has 27 heavy (non-hydrogen) atoms. The zero-order valence-corrected chi connectivity index (χ0v) is 14.8. The van der Waals surface area contributed by atoms with Gasteiger partial charge in [-0.25, -0.2) is 0 Å². The molecule has 2 aromatic carbocycles. The quantitative estimate of drug-likeness (QED) is 0.730. The molecule has 0 spiro atoms. The minimum absolute atomic E-state index is 0.134. The fourth-order valence-corrected chi connectivity index (χ4v) is 2.56. The van der Waals surface area contributed by atoms with E-state index in [9.17, 15) is 14.7 Å². The van der Waals surface area contributed by atoms with E-state index in [2.05, 4.69) is 10.3 Å². The van der Waals surface area contributed by atoms with Crippen LogP contribution < -0.4 is 5.32 Å². The number of amides is 2. The van der Waals surface area contributed by atoms with E-state index in [4.69, 9.17) is 0 Å². The molecule has 0 radical (unpaired) electrons. The van der Waals surface area contributed by atoms with E-state index in [0.29, 0.717) is 23.5 Å². The first-order valence-electron chi connectivity index (χ1n) is 8.39. The van der Waals surface area contributed by atoms with Gasteiger partial charge in [0.25, 0.3) is 11.8 Å². The van der Waals surface area contributed by atoms with Crippen molar-refractivity contribution in [1.82, 2.24) is 9.88 Å². The topological polar surface area (TPSA) is 82.5 Å². The maximum atomic E-state index is 12.6. The molecule has 136 valence electrons. The van der Waals surface area contributed by atoms with Crippen molar-refractivity contribution in [1.29, 1.82) is 0 Å². The minimum Gasteiger partial charge on any atom is -0.508 e. The van der Waals surface area contributed by atoms with E-state index in [0.717, 1.165) is 5.56 Å². The largest absolute Gasteiger partial charge is 0.508 e. The number of hydrogen-bond acceptors (Lipinski definition) is 4. The Morgan fingerprint density at radius 3 is 2.33 bits per heavy atom. The molecule has 1 heterocycles. The van der Waals surface area contributed by atoms with Crippen LogP contribution in [-0.2, 0) is 6.54 Å². The van der Waals surface area contributed by atoms with Gasteiger partial charge in [0.1, 0.15) is 11.4 Å². The molecule has 2 amide bonds. The van der Waals surface area contributed by atoms with Gasteiger partial charge in [-0.3, -0.25) is 14.6 Å². The van der Waals surface area contributed by atoms with Crippen LogP contribution in [0.4, 0.5) is 5.69 Å². The molecule has 0 atom stereocenters. The lowest BCUT2D eigenvalue weighted by Gasteiger charge is -2.17. The highest BCUT2D eigenvalue weighted by atomic mass is 16.3. The molecule has 0 unspecified atom stereocenters. The Morgan fingerprint density at radius 1 is 1.00 bits per heavy atom. The fourth-order valence-electron chi connectivity index (χ4n) is 2.56. The third-order valence-electron chi connectivity index (χ3n) is 3.99. The summed E-state index contributed by atoms with van der Waals surface area (Å²) in [6.07, 6.45) is 1.56. The number of carbonyl (C=O) groups excluding carboxylic acids is 2. The van der Waals surface area contributed by atoms with E-state index < -0.39 is 0 Å². The lowest BCUT2D eigenvalue weighted by molar-refractivity contribution is 0.0785. The van der Waals surface area contributed by atoms with Gasteiger partial charge >= 0.3 is 0 Å². The Labute approximate surface area is 157 Å². The van der Waals surface area contributed by atoms with Crippen molar-refractivity contribution in [2.75, 3.05) is 12.4 Å². The predicted octanol–water partition coefficient (Wildman–Crippen LogP) is 3.31. The molecule has 0 aliphatic carbocycles. The molecule has 0 saturated heterocycles. The molecule has 6 nitrogen and oxygen atoms in total. The van der Waals surface area contributed by atoms with E-state index in [-0.39, 0.29) is 17.6 Å². The summed E-state index contributed by atoms with van der Waals surface area (Å²) in [6, 6.07) is 18.5. The Bertz CT molecular complexity index is 923.